The van der Waals surface area contributed by atoms with Gasteiger partial charge >= 0.3 is 0 Å². The van der Waals surface area contributed by atoms with Gasteiger partial charge in [0.05, 0.1) is 33.2 Å². The number of nitrogens with two attached hydrogens (primary N) is 3. The van der Waals surface area contributed by atoms with Gasteiger partial charge in [-0.15, -0.1) is 0 Å². The van der Waals surface area contributed by atoms with Crippen molar-refractivity contribution in [2.75, 3.05) is 34.5 Å². The fourth-order valence-corrected chi connectivity index (χ4v) is 7.59. The van der Waals surface area contributed by atoms with Crippen molar-refractivity contribution in [2.24, 2.45) is 15.4 Å². The van der Waals surface area contributed by atoms with Crippen LogP contribution in [-0.4, -0.2) is 34.5 Å². The lowest BCUT2D eigenvalue weighted by Crippen LogP contribution is -3.00. The summed E-state index contributed by atoms with van der Waals surface area (Å²) in [4.78, 5) is 0. The molecule has 0 aliphatic carbocycles. The van der Waals surface area contributed by atoms with E-state index in [9.17, 15) is 0 Å². The van der Waals surface area contributed by atoms with Crippen LogP contribution in [0.15, 0.2) is 0 Å². The van der Waals surface area contributed by atoms with Crippen LogP contribution in [0.2, 0.25) is 0 Å². The molecular formula is C30H72F3N3S3. The van der Waals surface area contributed by atoms with Gasteiger partial charge in [0.25, 0.3) is 0 Å². The molecule has 3 nitrogen and oxygen atoms in total. The number of rotatable bonds is 24. The van der Waals surface area contributed by atoms with Crippen molar-refractivity contribution in [2.45, 2.75) is 157 Å². The molecule has 0 bridgehead atoms. The van der Waals surface area contributed by atoms with Gasteiger partial charge in [-0.1, -0.05) is 80.1 Å². The van der Waals surface area contributed by atoms with E-state index in [1.807, 2.05) is 0 Å². The van der Waals surface area contributed by atoms with Gasteiger partial charge in [-0.3, -0.25) is 0 Å². The fourth-order valence-electron chi connectivity index (χ4n) is 3.53. The van der Waals surface area contributed by atoms with E-state index in [0.717, 1.165) is 0 Å². The molecule has 0 heterocycles. The van der Waals surface area contributed by atoms with E-state index in [4.69, 9.17) is 15.4 Å². The summed E-state index contributed by atoms with van der Waals surface area (Å²) in [6.45, 7) is 13.5. The second-order valence-electron chi connectivity index (χ2n) is 10.1. The van der Waals surface area contributed by atoms with Crippen LogP contribution in [0.4, 0.5) is 0 Å². The van der Waals surface area contributed by atoms with Crippen molar-refractivity contribution < 1.29 is 14.1 Å². The fraction of sp³-hybridized carbons (Fsp3) is 1.00. The quantitative estimate of drug-likeness (QED) is 0.101. The van der Waals surface area contributed by atoms with E-state index >= 15 is 0 Å². The zero-order chi connectivity index (χ0) is 27.7. The predicted molar refractivity (Wildman–Crippen MR) is 181 cm³/mol. The van der Waals surface area contributed by atoms with Gasteiger partial charge in [0.2, 0.25) is 0 Å². The largest absolute Gasteiger partial charge is 1.00 e. The first-order valence-corrected chi connectivity index (χ1v) is 20.6. The molecule has 9 heteroatoms. The Labute approximate surface area is 253 Å². The summed E-state index contributed by atoms with van der Waals surface area (Å²) >= 11 is 0.681. The van der Waals surface area contributed by atoms with E-state index in [0.29, 0.717) is 0 Å². The summed E-state index contributed by atoms with van der Waals surface area (Å²) < 4.78 is 0. The second kappa shape index (κ2) is 48.5. The lowest BCUT2D eigenvalue weighted by molar-refractivity contribution is -0.00100. The Morgan fingerprint density at radius 1 is 0.282 bits per heavy atom. The molecule has 0 saturated carbocycles. The van der Waals surface area contributed by atoms with Crippen LogP contribution in [0.25, 0.3) is 0 Å². The first-order chi connectivity index (χ1) is 17.4. The Morgan fingerprint density at radius 3 is 0.513 bits per heavy atom. The van der Waals surface area contributed by atoms with Crippen molar-refractivity contribution in [3.05, 3.63) is 0 Å². The normalized spacial score (nSPS) is 10.2. The van der Waals surface area contributed by atoms with Gasteiger partial charge in [0.15, 0.2) is 0 Å². The molecule has 0 saturated heterocycles. The van der Waals surface area contributed by atoms with Crippen molar-refractivity contribution in [1.29, 1.82) is 0 Å². The molecule has 0 spiro atoms. The maximum atomic E-state index is 5.98. The van der Waals surface area contributed by atoms with Gasteiger partial charge in [0, 0.05) is 0 Å². The van der Waals surface area contributed by atoms with Crippen LogP contribution in [0.1, 0.15) is 157 Å². The summed E-state index contributed by atoms with van der Waals surface area (Å²) in [6, 6.07) is 0. The standard InChI is InChI=1S/3C10H24NS.3FH/c3*1-3-5-7-9-12(11)10-8-6-4-2;;;/h3*3-11H2,1-2H3;3*1H/q3*+1;;;/p-3. The maximum absolute atomic E-state index is 5.98. The molecule has 0 aromatic heterocycles. The highest BCUT2D eigenvalue weighted by Crippen LogP contribution is 2.04. The van der Waals surface area contributed by atoms with Crippen LogP contribution in [0, 0.1) is 0 Å². The van der Waals surface area contributed by atoms with Crippen molar-refractivity contribution in [1.82, 2.24) is 0 Å². The van der Waals surface area contributed by atoms with Crippen molar-refractivity contribution >= 4 is 33.2 Å². The summed E-state index contributed by atoms with van der Waals surface area (Å²) in [6.07, 6.45) is 24.0. The number of halogens is 3. The van der Waals surface area contributed by atoms with E-state index in [-0.39, 0.29) is 47.4 Å². The molecular weight excluding hydrogens is 556 g/mol. The molecule has 0 aromatic carbocycles. The van der Waals surface area contributed by atoms with E-state index < -0.39 is 0 Å². The third-order valence-electron chi connectivity index (χ3n) is 6.06. The lowest BCUT2D eigenvalue weighted by Gasteiger charge is -2.00. The van der Waals surface area contributed by atoms with Crippen LogP contribution in [0.3, 0.4) is 0 Å². The van der Waals surface area contributed by atoms with E-state index in [2.05, 4.69) is 41.5 Å². The number of hydrogen-bond acceptors (Lipinski definition) is 3. The molecule has 0 aliphatic rings. The smallest absolute Gasteiger partial charge is 0.127 e. The topological polar surface area (TPSA) is 78.1 Å². The molecule has 246 valence electrons. The van der Waals surface area contributed by atoms with Crippen LogP contribution < -0.4 is 29.5 Å². The summed E-state index contributed by atoms with van der Waals surface area (Å²) in [5.41, 5.74) is 0. The Hall–Kier alpha value is 0.720. The molecule has 0 rings (SSSR count). The highest BCUT2D eigenvalue weighted by Gasteiger charge is 2.11. The highest BCUT2D eigenvalue weighted by atomic mass is 32.2. The zero-order valence-corrected chi connectivity index (χ0v) is 29.5. The second-order valence-corrected chi connectivity index (χ2v) is 15.8. The minimum atomic E-state index is 0. The summed E-state index contributed by atoms with van der Waals surface area (Å²) in [5.74, 6) is 7.57. The van der Waals surface area contributed by atoms with E-state index in [1.54, 1.807) is 0 Å². The van der Waals surface area contributed by atoms with Gasteiger partial charge in [-0.2, -0.15) is 15.4 Å². The minimum Gasteiger partial charge on any atom is -1.00 e. The molecule has 6 N–H and O–H groups in total. The molecule has 0 amide bonds. The maximum Gasteiger partial charge on any atom is 0.127 e. The molecule has 0 radical (unpaired) electrons. The third-order valence-corrected chi connectivity index (χ3v) is 10.9. The zero-order valence-electron chi connectivity index (χ0n) is 27.1. The van der Waals surface area contributed by atoms with Gasteiger partial charge in [-0.25, -0.2) is 0 Å². The molecule has 0 unspecified atom stereocenters. The average molecular weight is 628 g/mol. The Kier molecular flexibility index (Phi) is 65.1. The first kappa shape index (κ1) is 52.4. The Balaban J connectivity index is -0.000000101. The molecule has 39 heavy (non-hydrogen) atoms. The summed E-state index contributed by atoms with van der Waals surface area (Å²) in [5, 5.41) is 17.9. The van der Waals surface area contributed by atoms with Gasteiger partial charge in [-0.05, 0) is 77.0 Å². The van der Waals surface area contributed by atoms with Crippen molar-refractivity contribution in [3.8, 4) is 0 Å². The predicted octanol–water partition coefficient (Wildman–Crippen LogP) is -0.412. The molecule has 0 aliphatic heterocycles. The monoisotopic (exact) mass is 627 g/mol. The first-order valence-electron chi connectivity index (χ1n) is 15.7. The SMILES string of the molecule is CCCCC[S+](N)CCCCC.CCCCC[S+](N)CCCCC.CCCCC[S+](N)CCCCC.[F-].[F-].[F-]. The van der Waals surface area contributed by atoms with E-state index in [1.165, 1.54) is 150 Å². The Bertz CT molecular complexity index is 295. The number of hydrogen-bond donors (Lipinski definition) is 3. The molecule has 0 fully saturated rings. The highest BCUT2D eigenvalue weighted by molar-refractivity contribution is 7.95. The van der Waals surface area contributed by atoms with Crippen LogP contribution in [0.5, 0.6) is 0 Å². The average Bonchev–Trinajstić information content (AvgIpc) is 2.86. The van der Waals surface area contributed by atoms with Crippen molar-refractivity contribution in [3.63, 3.8) is 0 Å². The minimum absolute atomic E-state index is 0. The van der Waals surface area contributed by atoms with Crippen LogP contribution >= 0.6 is 0 Å². The molecule has 0 atom stereocenters. The Morgan fingerprint density at radius 2 is 0.410 bits per heavy atom. The lowest BCUT2D eigenvalue weighted by atomic mass is 10.3. The third kappa shape index (κ3) is 55.3. The van der Waals surface area contributed by atoms with Gasteiger partial charge < -0.3 is 14.1 Å². The summed E-state index contributed by atoms with van der Waals surface area (Å²) in [7, 11) is 0. The van der Waals surface area contributed by atoms with Gasteiger partial charge in [0.1, 0.15) is 34.5 Å². The molecule has 0 aromatic rings. The van der Waals surface area contributed by atoms with Crippen LogP contribution in [-0.2, 0) is 33.2 Å². The number of unbranched alkanes of at least 4 members (excludes halogenated alkanes) is 12.